The minimum Gasteiger partial charge on any atom is -0.489 e. The van der Waals surface area contributed by atoms with Gasteiger partial charge in [0.05, 0.1) is 27.5 Å². The van der Waals surface area contributed by atoms with Crippen molar-refractivity contribution < 1.29 is 13.2 Å². The van der Waals surface area contributed by atoms with Crippen LogP contribution in [0.3, 0.4) is 0 Å². The molecule has 0 spiro atoms. The molecule has 8 heteroatoms. The second-order valence-corrected chi connectivity index (χ2v) is 13.9. The van der Waals surface area contributed by atoms with Crippen molar-refractivity contribution in [2.75, 3.05) is 7.05 Å². The first-order valence-corrected chi connectivity index (χ1v) is 15.7. The summed E-state index contributed by atoms with van der Waals surface area (Å²) in [5, 5.41) is 0.380. The van der Waals surface area contributed by atoms with Gasteiger partial charge in [-0.1, -0.05) is 80.9 Å². The lowest BCUT2D eigenvalue weighted by Gasteiger charge is -2.27. The summed E-state index contributed by atoms with van der Waals surface area (Å²) in [6.07, 6.45) is 0. The SMILES string of the molecule is Cc1ccc(-n2c(C(C)N(C)S(=O)(=O)c3ccc(C(C)(C)C)cc3)nc3ccc(OCc4ccccc4)cc3c2=O)cc1. The highest BCUT2D eigenvalue weighted by molar-refractivity contribution is 7.89. The molecule has 0 saturated carbocycles. The van der Waals surface area contributed by atoms with E-state index < -0.39 is 16.1 Å². The highest BCUT2D eigenvalue weighted by atomic mass is 32.2. The molecule has 43 heavy (non-hydrogen) atoms. The van der Waals surface area contributed by atoms with Crippen LogP contribution < -0.4 is 10.3 Å². The third kappa shape index (κ3) is 6.26. The molecule has 0 aliphatic carbocycles. The summed E-state index contributed by atoms with van der Waals surface area (Å²) in [5.74, 6) is 0.863. The van der Waals surface area contributed by atoms with Crippen molar-refractivity contribution in [1.82, 2.24) is 13.9 Å². The zero-order valence-corrected chi connectivity index (χ0v) is 26.2. The highest BCUT2D eigenvalue weighted by Gasteiger charge is 2.30. The van der Waals surface area contributed by atoms with Crippen molar-refractivity contribution in [3.63, 3.8) is 0 Å². The van der Waals surface area contributed by atoms with E-state index in [4.69, 9.17) is 9.72 Å². The molecule has 0 aliphatic heterocycles. The first kappa shape index (κ1) is 30.2. The molecule has 0 fully saturated rings. The Balaban J connectivity index is 1.57. The summed E-state index contributed by atoms with van der Waals surface area (Å²) in [7, 11) is -2.38. The Morgan fingerprint density at radius 1 is 0.907 bits per heavy atom. The second kappa shape index (κ2) is 11.8. The number of aromatic nitrogens is 2. The fourth-order valence-corrected chi connectivity index (χ4v) is 6.22. The van der Waals surface area contributed by atoms with Crippen molar-refractivity contribution in [3.8, 4) is 11.4 Å². The normalized spacial score (nSPS) is 12.9. The summed E-state index contributed by atoms with van der Waals surface area (Å²) in [6.45, 7) is 10.3. The number of sulfonamides is 1. The molecule has 1 atom stereocenters. The Morgan fingerprint density at radius 3 is 2.19 bits per heavy atom. The van der Waals surface area contributed by atoms with Crippen LogP contribution in [0, 0.1) is 6.92 Å². The Morgan fingerprint density at radius 2 is 1.56 bits per heavy atom. The van der Waals surface area contributed by atoms with E-state index in [9.17, 15) is 13.2 Å². The van der Waals surface area contributed by atoms with Crippen molar-refractivity contribution in [1.29, 1.82) is 0 Å². The van der Waals surface area contributed by atoms with Gasteiger partial charge in [0.15, 0.2) is 0 Å². The molecule has 5 aromatic rings. The zero-order valence-electron chi connectivity index (χ0n) is 25.4. The number of hydrogen-bond acceptors (Lipinski definition) is 5. The highest BCUT2D eigenvalue weighted by Crippen LogP contribution is 2.30. The average Bonchev–Trinajstić information content (AvgIpc) is 3.00. The van der Waals surface area contributed by atoms with Gasteiger partial charge in [-0.3, -0.25) is 9.36 Å². The first-order chi connectivity index (χ1) is 20.4. The number of aryl methyl sites for hydroxylation is 1. The van der Waals surface area contributed by atoms with Gasteiger partial charge in [0.1, 0.15) is 18.2 Å². The Kier molecular flexibility index (Phi) is 8.27. The Hall–Kier alpha value is -4.27. The molecule has 1 aromatic heterocycles. The average molecular weight is 596 g/mol. The predicted molar refractivity (Wildman–Crippen MR) is 171 cm³/mol. The molecule has 5 rings (SSSR count). The summed E-state index contributed by atoms with van der Waals surface area (Å²) in [4.78, 5) is 19.2. The smallest absolute Gasteiger partial charge is 0.266 e. The van der Waals surface area contributed by atoms with Crippen molar-refractivity contribution >= 4 is 20.9 Å². The van der Waals surface area contributed by atoms with E-state index >= 15 is 0 Å². The molecule has 1 heterocycles. The van der Waals surface area contributed by atoms with Gasteiger partial charge in [-0.05, 0) is 72.9 Å². The monoisotopic (exact) mass is 595 g/mol. The number of ether oxygens (including phenoxy) is 1. The number of hydrogen-bond donors (Lipinski definition) is 0. The van der Waals surface area contributed by atoms with Crippen LogP contribution in [-0.4, -0.2) is 29.3 Å². The number of rotatable bonds is 8. The van der Waals surface area contributed by atoms with Crippen LogP contribution in [0.1, 0.15) is 56.3 Å². The van der Waals surface area contributed by atoms with Gasteiger partial charge in [-0.15, -0.1) is 0 Å². The Bertz CT molecular complexity index is 1910. The van der Waals surface area contributed by atoms with E-state index in [1.54, 1.807) is 37.3 Å². The maximum absolute atomic E-state index is 14.1. The van der Waals surface area contributed by atoms with Crippen LogP contribution >= 0.6 is 0 Å². The van der Waals surface area contributed by atoms with E-state index in [1.165, 1.54) is 15.9 Å². The predicted octanol–water partition coefficient (Wildman–Crippen LogP) is 6.95. The molecule has 4 aromatic carbocycles. The molecule has 222 valence electrons. The second-order valence-electron chi connectivity index (χ2n) is 11.9. The van der Waals surface area contributed by atoms with E-state index in [0.717, 1.165) is 16.7 Å². The lowest BCUT2D eigenvalue weighted by Crippen LogP contribution is -2.35. The Labute approximate surface area is 253 Å². The van der Waals surface area contributed by atoms with Gasteiger partial charge in [-0.2, -0.15) is 4.31 Å². The van der Waals surface area contributed by atoms with Gasteiger partial charge >= 0.3 is 0 Å². The van der Waals surface area contributed by atoms with Gasteiger partial charge < -0.3 is 4.74 Å². The van der Waals surface area contributed by atoms with Crippen LogP contribution in [-0.2, 0) is 22.0 Å². The first-order valence-electron chi connectivity index (χ1n) is 14.3. The minimum absolute atomic E-state index is 0.104. The molecule has 0 saturated heterocycles. The van der Waals surface area contributed by atoms with E-state index in [1.807, 2.05) is 73.7 Å². The van der Waals surface area contributed by atoms with Crippen molar-refractivity contribution in [2.45, 2.75) is 57.6 Å². The fourth-order valence-electron chi connectivity index (χ4n) is 4.90. The molecule has 7 nitrogen and oxygen atoms in total. The van der Waals surface area contributed by atoms with Gasteiger partial charge in [-0.25, -0.2) is 13.4 Å². The molecule has 1 unspecified atom stereocenters. The maximum atomic E-state index is 14.1. The molecule has 0 aliphatic rings. The van der Waals surface area contributed by atoms with Gasteiger partial charge in [0.25, 0.3) is 5.56 Å². The summed E-state index contributed by atoms with van der Waals surface area (Å²) in [5.41, 5.74) is 3.74. The maximum Gasteiger partial charge on any atom is 0.266 e. The van der Waals surface area contributed by atoms with Crippen LogP contribution in [0.25, 0.3) is 16.6 Å². The third-order valence-corrected chi connectivity index (χ3v) is 9.66. The van der Waals surface area contributed by atoms with E-state index in [0.29, 0.717) is 34.8 Å². The standard InChI is InChI=1S/C35H37N3O4S/c1-24-12-16-28(17-13-24)38-33(25(2)37(6)43(40,41)30-19-14-27(15-20-30)35(3,4)5)36-32-21-18-29(22-31(32)34(38)39)42-23-26-10-8-7-9-11-26/h7-22,25H,23H2,1-6H3. The third-order valence-electron chi connectivity index (χ3n) is 7.72. The molecular weight excluding hydrogens is 558 g/mol. The number of benzene rings is 4. The quantitative estimate of drug-likeness (QED) is 0.194. The van der Waals surface area contributed by atoms with E-state index in [-0.39, 0.29) is 15.9 Å². The molecular formula is C35H37N3O4S. The fraction of sp³-hybridized carbons (Fsp3) is 0.257. The lowest BCUT2D eigenvalue weighted by molar-refractivity contribution is 0.306. The van der Waals surface area contributed by atoms with Crippen LogP contribution in [0.4, 0.5) is 0 Å². The van der Waals surface area contributed by atoms with Gasteiger partial charge in [0, 0.05) is 7.05 Å². The minimum atomic E-state index is -3.90. The molecule has 0 amide bonds. The lowest BCUT2D eigenvalue weighted by atomic mass is 9.87. The molecule has 0 N–H and O–H groups in total. The van der Waals surface area contributed by atoms with Crippen molar-refractivity contribution in [3.05, 3.63) is 130 Å². The summed E-state index contributed by atoms with van der Waals surface area (Å²) < 4.78 is 36.3. The number of fused-ring (bicyclic) bond motifs is 1. The zero-order chi connectivity index (χ0) is 30.9. The topological polar surface area (TPSA) is 81.5 Å². The van der Waals surface area contributed by atoms with Crippen LogP contribution in [0.5, 0.6) is 5.75 Å². The molecule has 0 bridgehead atoms. The van der Waals surface area contributed by atoms with Gasteiger partial charge in [0.2, 0.25) is 10.0 Å². The summed E-state index contributed by atoms with van der Waals surface area (Å²) >= 11 is 0. The largest absolute Gasteiger partial charge is 0.489 e. The van der Waals surface area contributed by atoms with Crippen LogP contribution in [0.2, 0.25) is 0 Å². The molecule has 0 radical (unpaired) electrons. The number of nitrogens with zero attached hydrogens (tertiary/aromatic N) is 3. The summed E-state index contributed by atoms with van der Waals surface area (Å²) in [6, 6.07) is 28.7. The van der Waals surface area contributed by atoms with Crippen molar-refractivity contribution in [2.24, 2.45) is 0 Å². The van der Waals surface area contributed by atoms with E-state index in [2.05, 4.69) is 20.8 Å². The van der Waals surface area contributed by atoms with Crippen LogP contribution in [0.15, 0.2) is 107 Å².